The third-order valence-electron chi connectivity index (χ3n) is 2.90. The first-order valence-corrected chi connectivity index (χ1v) is 8.04. The summed E-state index contributed by atoms with van der Waals surface area (Å²) in [6.07, 6.45) is 0.949. The van der Waals surface area contributed by atoms with Gasteiger partial charge in [-0.3, -0.25) is 4.79 Å². The Morgan fingerprint density at radius 1 is 1.43 bits per heavy atom. The number of carbonyl (C=O) groups excluding carboxylic acids is 1. The van der Waals surface area contributed by atoms with E-state index in [1.54, 1.807) is 19.0 Å². The summed E-state index contributed by atoms with van der Waals surface area (Å²) in [6.45, 7) is 7.18. The van der Waals surface area contributed by atoms with Crippen LogP contribution in [0.15, 0.2) is 17.1 Å². The van der Waals surface area contributed by atoms with Crippen LogP contribution in [-0.2, 0) is 11.2 Å². The van der Waals surface area contributed by atoms with E-state index < -0.39 is 0 Å². The molecule has 1 unspecified atom stereocenters. The Morgan fingerprint density at radius 2 is 2.14 bits per heavy atom. The molecule has 1 atom stereocenters. The number of hydrogen-bond donors (Lipinski definition) is 2. The standard InChI is InChI=1S/C15H26N4OS/c1-6-16-15(17-10-14(20)19(4)5)18-11(2)9-13-8-7-12(3)21-13/h7-8,11H,6,9-10H2,1-5H3,(H2,16,17,18). The lowest BCUT2D eigenvalue weighted by Gasteiger charge is -2.17. The van der Waals surface area contributed by atoms with Crippen molar-refractivity contribution in [1.82, 2.24) is 15.5 Å². The molecule has 118 valence electrons. The molecule has 0 aliphatic carbocycles. The molecule has 0 radical (unpaired) electrons. The lowest BCUT2D eigenvalue weighted by Crippen LogP contribution is -2.43. The van der Waals surface area contributed by atoms with Crippen LogP contribution in [0, 0.1) is 6.92 Å². The number of rotatable bonds is 6. The maximum absolute atomic E-state index is 11.6. The summed E-state index contributed by atoms with van der Waals surface area (Å²) in [5.74, 6) is 0.683. The van der Waals surface area contributed by atoms with Gasteiger partial charge in [0.1, 0.15) is 6.54 Å². The molecule has 2 N–H and O–H groups in total. The molecule has 0 spiro atoms. The molecule has 1 rings (SSSR count). The zero-order chi connectivity index (χ0) is 15.8. The van der Waals surface area contributed by atoms with Crippen LogP contribution in [0.25, 0.3) is 0 Å². The van der Waals surface area contributed by atoms with E-state index in [2.05, 4.69) is 41.6 Å². The molecule has 1 amide bonds. The molecular formula is C15H26N4OS. The number of aryl methyl sites for hydroxylation is 1. The van der Waals surface area contributed by atoms with E-state index in [1.165, 1.54) is 9.75 Å². The number of nitrogens with one attached hydrogen (secondary N) is 2. The highest BCUT2D eigenvalue weighted by atomic mass is 32.1. The predicted octanol–water partition coefficient (Wildman–Crippen LogP) is 1.63. The fourth-order valence-corrected chi connectivity index (χ4v) is 2.81. The highest BCUT2D eigenvalue weighted by Gasteiger charge is 2.09. The number of nitrogens with zero attached hydrogens (tertiary/aromatic N) is 2. The molecule has 0 fully saturated rings. The molecule has 21 heavy (non-hydrogen) atoms. The summed E-state index contributed by atoms with van der Waals surface area (Å²) >= 11 is 1.82. The Hall–Kier alpha value is -1.56. The zero-order valence-corrected chi connectivity index (χ0v) is 14.4. The number of hydrogen-bond acceptors (Lipinski definition) is 3. The predicted molar refractivity (Wildman–Crippen MR) is 90.0 cm³/mol. The summed E-state index contributed by atoms with van der Waals surface area (Å²) in [5, 5.41) is 6.52. The summed E-state index contributed by atoms with van der Waals surface area (Å²) < 4.78 is 0. The molecule has 0 aliphatic heterocycles. The average Bonchev–Trinajstić information content (AvgIpc) is 2.80. The fraction of sp³-hybridized carbons (Fsp3) is 0.600. The van der Waals surface area contributed by atoms with Crippen LogP contribution >= 0.6 is 11.3 Å². The quantitative estimate of drug-likeness (QED) is 0.620. The van der Waals surface area contributed by atoms with Crippen LogP contribution in [-0.4, -0.2) is 50.0 Å². The second-order valence-electron chi connectivity index (χ2n) is 5.25. The van der Waals surface area contributed by atoms with Gasteiger partial charge >= 0.3 is 0 Å². The van der Waals surface area contributed by atoms with Crippen LogP contribution in [0.5, 0.6) is 0 Å². The first kappa shape index (κ1) is 17.5. The minimum Gasteiger partial charge on any atom is -0.357 e. The first-order chi connectivity index (χ1) is 9.92. The van der Waals surface area contributed by atoms with Crippen molar-refractivity contribution in [2.75, 3.05) is 27.2 Å². The summed E-state index contributed by atoms with van der Waals surface area (Å²) in [4.78, 5) is 20.2. The Kier molecular flexibility index (Phi) is 7.22. The molecule has 0 saturated heterocycles. The van der Waals surface area contributed by atoms with Gasteiger partial charge in [-0.2, -0.15) is 0 Å². The van der Waals surface area contributed by atoms with E-state index in [-0.39, 0.29) is 18.5 Å². The van der Waals surface area contributed by atoms with Gasteiger partial charge < -0.3 is 15.5 Å². The van der Waals surface area contributed by atoms with Gasteiger partial charge in [-0.15, -0.1) is 11.3 Å². The zero-order valence-electron chi connectivity index (χ0n) is 13.6. The van der Waals surface area contributed by atoms with Gasteiger partial charge in [0.05, 0.1) is 0 Å². The summed E-state index contributed by atoms with van der Waals surface area (Å²) in [6, 6.07) is 4.56. The van der Waals surface area contributed by atoms with Gasteiger partial charge in [0.15, 0.2) is 5.96 Å². The van der Waals surface area contributed by atoms with E-state index in [4.69, 9.17) is 0 Å². The highest BCUT2D eigenvalue weighted by molar-refractivity contribution is 7.11. The van der Waals surface area contributed by atoms with Crippen molar-refractivity contribution in [1.29, 1.82) is 0 Å². The molecule has 0 saturated carbocycles. The molecular weight excluding hydrogens is 284 g/mol. The molecule has 5 nitrogen and oxygen atoms in total. The van der Waals surface area contributed by atoms with Crippen LogP contribution in [0.2, 0.25) is 0 Å². The number of amides is 1. The molecule has 1 aromatic rings. The Morgan fingerprint density at radius 3 is 2.67 bits per heavy atom. The number of guanidine groups is 1. The van der Waals surface area contributed by atoms with Crippen molar-refractivity contribution >= 4 is 23.2 Å². The monoisotopic (exact) mass is 310 g/mol. The number of aliphatic imine (C=N–C) groups is 1. The summed E-state index contributed by atoms with van der Waals surface area (Å²) in [7, 11) is 3.47. The van der Waals surface area contributed by atoms with Crippen molar-refractivity contribution < 1.29 is 4.79 Å². The fourth-order valence-electron chi connectivity index (χ4n) is 1.79. The van der Waals surface area contributed by atoms with Crippen molar-refractivity contribution in [3.8, 4) is 0 Å². The van der Waals surface area contributed by atoms with Crippen LogP contribution in [0.4, 0.5) is 0 Å². The average molecular weight is 310 g/mol. The Balaban J connectivity index is 2.56. The SMILES string of the molecule is CCNC(=NCC(=O)N(C)C)NC(C)Cc1ccc(C)s1. The number of carbonyl (C=O) groups is 1. The van der Waals surface area contributed by atoms with E-state index in [9.17, 15) is 4.79 Å². The van der Waals surface area contributed by atoms with Gasteiger partial charge in [0.25, 0.3) is 0 Å². The normalized spacial score (nSPS) is 12.9. The lowest BCUT2D eigenvalue weighted by atomic mass is 10.2. The number of thiophene rings is 1. The summed E-state index contributed by atoms with van der Waals surface area (Å²) in [5.41, 5.74) is 0. The second kappa shape index (κ2) is 8.67. The third kappa shape index (κ3) is 6.62. The Bertz CT molecular complexity index is 482. The molecule has 0 aromatic carbocycles. The van der Waals surface area contributed by atoms with E-state index >= 15 is 0 Å². The van der Waals surface area contributed by atoms with Gasteiger partial charge in [-0.1, -0.05) is 0 Å². The van der Waals surface area contributed by atoms with E-state index in [0.29, 0.717) is 5.96 Å². The largest absolute Gasteiger partial charge is 0.357 e. The van der Waals surface area contributed by atoms with Gasteiger partial charge in [-0.05, 0) is 32.9 Å². The highest BCUT2D eigenvalue weighted by Crippen LogP contribution is 2.16. The minimum absolute atomic E-state index is 0.00580. The van der Waals surface area contributed by atoms with E-state index in [0.717, 1.165) is 13.0 Å². The smallest absolute Gasteiger partial charge is 0.243 e. The second-order valence-corrected chi connectivity index (χ2v) is 6.62. The third-order valence-corrected chi connectivity index (χ3v) is 3.92. The molecule has 6 heteroatoms. The molecule has 0 bridgehead atoms. The van der Waals surface area contributed by atoms with Crippen LogP contribution in [0.3, 0.4) is 0 Å². The van der Waals surface area contributed by atoms with Crippen molar-refractivity contribution in [3.63, 3.8) is 0 Å². The van der Waals surface area contributed by atoms with Gasteiger partial charge in [-0.25, -0.2) is 4.99 Å². The number of likely N-dealkylation sites (N-methyl/N-ethyl adjacent to an activating group) is 1. The first-order valence-electron chi connectivity index (χ1n) is 7.22. The maximum atomic E-state index is 11.6. The maximum Gasteiger partial charge on any atom is 0.243 e. The topological polar surface area (TPSA) is 56.7 Å². The van der Waals surface area contributed by atoms with Crippen LogP contribution in [0.1, 0.15) is 23.6 Å². The minimum atomic E-state index is -0.00580. The van der Waals surface area contributed by atoms with Crippen molar-refractivity contribution in [2.24, 2.45) is 4.99 Å². The van der Waals surface area contributed by atoms with Gasteiger partial charge in [0.2, 0.25) is 5.91 Å². The van der Waals surface area contributed by atoms with Crippen LogP contribution < -0.4 is 10.6 Å². The van der Waals surface area contributed by atoms with Crippen molar-refractivity contribution in [2.45, 2.75) is 33.2 Å². The van der Waals surface area contributed by atoms with E-state index in [1.807, 2.05) is 18.3 Å². The van der Waals surface area contributed by atoms with Crippen molar-refractivity contribution in [3.05, 3.63) is 21.9 Å². The Labute approximate surface area is 131 Å². The molecule has 0 aliphatic rings. The molecule has 1 aromatic heterocycles. The molecule has 1 heterocycles. The van der Waals surface area contributed by atoms with Gasteiger partial charge in [0, 0.05) is 42.9 Å². The lowest BCUT2D eigenvalue weighted by molar-refractivity contribution is -0.127.